The molecule has 0 saturated carbocycles. The predicted octanol–water partition coefficient (Wildman–Crippen LogP) is 1.11. The molecule has 0 spiro atoms. The summed E-state index contributed by atoms with van der Waals surface area (Å²) in [7, 11) is -3.53. The van der Waals surface area contributed by atoms with Gasteiger partial charge in [-0.1, -0.05) is 12.1 Å². The van der Waals surface area contributed by atoms with Crippen molar-refractivity contribution in [3.63, 3.8) is 0 Å². The quantitative estimate of drug-likeness (QED) is 0.874. The Morgan fingerprint density at radius 2 is 2.05 bits per heavy atom. The lowest BCUT2D eigenvalue weighted by atomic mass is 9.85. The summed E-state index contributed by atoms with van der Waals surface area (Å²) in [6.45, 7) is 4.60. The smallest absolute Gasteiger partial charge is 0.240 e. The first kappa shape index (κ1) is 15.0. The van der Waals surface area contributed by atoms with Gasteiger partial charge in [-0.15, -0.1) is 0 Å². The molecule has 3 fully saturated rings. The molecule has 3 saturated heterocycles. The molecular weight excluding hydrogens is 288 g/mol. The van der Waals surface area contributed by atoms with Crippen LogP contribution in [0.5, 0.6) is 0 Å². The highest BCUT2D eigenvalue weighted by Crippen LogP contribution is 2.28. The van der Waals surface area contributed by atoms with Gasteiger partial charge >= 0.3 is 0 Å². The lowest BCUT2D eigenvalue weighted by Gasteiger charge is -2.44. The number of fused-ring (bicyclic) bond motifs is 3. The molecule has 4 rings (SSSR count). The van der Waals surface area contributed by atoms with Crippen molar-refractivity contribution in [1.82, 2.24) is 9.62 Å². The van der Waals surface area contributed by atoms with E-state index in [1.54, 1.807) is 31.2 Å². The molecule has 2 bridgehead atoms. The van der Waals surface area contributed by atoms with Gasteiger partial charge in [-0.05, 0) is 56.5 Å². The third kappa shape index (κ3) is 3.13. The highest BCUT2D eigenvalue weighted by Gasteiger charge is 2.36. The second kappa shape index (κ2) is 5.68. The van der Waals surface area contributed by atoms with E-state index in [4.69, 9.17) is 0 Å². The molecule has 6 heteroatoms. The summed E-state index contributed by atoms with van der Waals surface area (Å²) in [6.07, 6.45) is 1.47. The average Bonchev–Trinajstić information content (AvgIpc) is 2.48. The summed E-state index contributed by atoms with van der Waals surface area (Å²) < 4.78 is 27.9. The van der Waals surface area contributed by atoms with Crippen LogP contribution >= 0.6 is 0 Å². The van der Waals surface area contributed by atoms with Crippen LogP contribution in [0.4, 0.5) is 0 Å². The van der Waals surface area contributed by atoms with Crippen molar-refractivity contribution in [3.05, 3.63) is 29.8 Å². The number of piperidine rings is 3. The standard InChI is InChI=1S/C15H22N2O3S/c1-11(18)13-3-2-4-14(9-13)21(19,20)16-15-10-17-7-5-12(15)6-8-17/h2-4,9,11-12,15-16,18H,5-8,10H2,1H3. The van der Waals surface area contributed by atoms with Crippen molar-refractivity contribution in [3.8, 4) is 0 Å². The second-order valence-electron chi connectivity index (χ2n) is 6.11. The molecule has 21 heavy (non-hydrogen) atoms. The van der Waals surface area contributed by atoms with E-state index >= 15 is 0 Å². The van der Waals surface area contributed by atoms with Gasteiger partial charge in [0.05, 0.1) is 11.0 Å². The summed E-state index contributed by atoms with van der Waals surface area (Å²) in [4.78, 5) is 2.55. The molecule has 0 aromatic heterocycles. The average molecular weight is 310 g/mol. The van der Waals surface area contributed by atoms with E-state index in [-0.39, 0.29) is 10.9 Å². The first-order chi connectivity index (χ1) is 9.95. The lowest BCUT2D eigenvalue weighted by Crippen LogP contribution is -2.57. The zero-order valence-corrected chi connectivity index (χ0v) is 13.0. The molecule has 1 aromatic rings. The monoisotopic (exact) mass is 310 g/mol. The molecule has 0 aliphatic carbocycles. The van der Waals surface area contributed by atoms with Crippen LogP contribution in [-0.4, -0.2) is 44.1 Å². The van der Waals surface area contributed by atoms with E-state index in [2.05, 4.69) is 9.62 Å². The van der Waals surface area contributed by atoms with Crippen LogP contribution in [0, 0.1) is 5.92 Å². The molecule has 1 aromatic carbocycles. The van der Waals surface area contributed by atoms with Crippen LogP contribution < -0.4 is 4.72 Å². The number of rotatable bonds is 4. The third-order valence-corrected chi connectivity index (χ3v) is 6.10. The maximum absolute atomic E-state index is 12.5. The maximum atomic E-state index is 12.5. The number of sulfonamides is 1. The van der Waals surface area contributed by atoms with Gasteiger partial charge in [0.2, 0.25) is 10.0 Å². The fourth-order valence-corrected chi connectivity index (χ4v) is 4.66. The van der Waals surface area contributed by atoms with Gasteiger partial charge in [0.25, 0.3) is 0 Å². The number of hydrogen-bond acceptors (Lipinski definition) is 4. The lowest BCUT2D eigenvalue weighted by molar-refractivity contribution is 0.0827. The van der Waals surface area contributed by atoms with Gasteiger partial charge in [-0.25, -0.2) is 13.1 Å². The van der Waals surface area contributed by atoms with Crippen LogP contribution in [0.2, 0.25) is 0 Å². The molecule has 2 N–H and O–H groups in total. The van der Waals surface area contributed by atoms with Crippen molar-refractivity contribution in [1.29, 1.82) is 0 Å². The molecule has 116 valence electrons. The van der Waals surface area contributed by atoms with E-state index in [0.29, 0.717) is 11.5 Å². The number of hydrogen-bond donors (Lipinski definition) is 2. The first-order valence-corrected chi connectivity index (χ1v) is 8.97. The van der Waals surface area contributed by atoms with Crippen molar-refractivity contribution in [2.75, 3.05) is 19.6 Å². The number of nitrogens with one attached hydrogen (secondary N) is 1. The second-order valence-corrected chi connectivity index (χ2v) is 7.83. The molecule has 2 atom stereocenters. The minimum absolute atomic E-state index is 0.00714. The zero-order chi connectivity index (χ0) is 15.0. The Bertz CT molecular complexity index is 607. The van der Waals surface area contributed by atoms with Crippen LogP contribution in [0.1, 0.15) is 31.4 Å². The number of benzene rings is 1. The molecule has 3 aliphatic heterocycles. The van der Waals surface area contributed by atoms with E-state index < -0.39 is 16.1 Å². The van der Waals surface area contributed by atoms with E-state index in [1.807, 2.05) is 0 Å². The van der Waals surface area contributed by atoms with Crippen LogP contribution in [0.15, 0.2) is 29.2 Å². The number of aliphatic hydroxyl groups excluding tert-OH is 1. The van der Waals surface area contributed by atoms with Crippen molar-refractivity contribution >= 4 is 10.0 Å². The van der Waals surface area contributed by atoms with E-state index in [9.17, 15) is 13.5 Å². The van der Waals surface area contributed by atoms with Gasteiger partial charge < -0.3 is 10.0 Å². The van der Waals surface area contributed by atoms with Gasteiger partial charge in [0, 0.05) is 12.6 Å². The van der Waals surface area contributed by atoms with Crippen molar-refractivity contribution < 1.29 is 13.5 Å². The molecule has 2 unspecified atom stereocenters. The fraction of sp³-hybridized carbons (Fsp3) is 0.600. The number of aliphatic hydroxyl groups is 1. The minimum atomic E-state index is -3.53. The Morgan fingerprint density at radius 3 is 2.62 bits per heavy atom. The third-order valence-electron chi connectivity index (χ3n) is 4.61. The van der Waals surface area contributed by atoms with Crippen LogP contribution in [0.25, 0.3) is 0 Å². The normalized spacial score (nSPS) is 30.3. The predicted molar refractivity (Wildman–Crippen MR) is 80.3 cm³/mol. The summed E-state index contributed by atoms with van der Waals surface area (Å²) >= 11 is 0. The van der Waals surface area contributed by atoms with E-state index in [0.717, 1.165) is 32.5 Å². The Hall–Kier alpha value is -0.950. The minimum Gasteiger partial charge on any atom is -0.389 e. The van der Waals surface area contributed by atoms with Crippen molar-refractivity contribution in [2.45, 2.75) is 36.8 Å². The highest BCUT2D eigenvalue weighted by atomic mass is 32.2. The Balaban J connectivity index is 1.79. The van der Waals surface area contributed by atoms with Gasteiger partial charge in [0.15, 0.2) is 0 Å². The summed E-state index contributed by atoms with van der Waals surface area (Å²) in [5, 5.41) is 9.60. The molecule has 5 nitrogen and oxygen atoms in total. The molecule has 0 radical (unpaired) electrons. The number of nitrogens with zero attached hydrogens (tertiary/aromatic N) is 1. The SMILES string of the molecule is CC(O)c1cccc(S(=O)(=O)NC2CN3CCC2CC3)c1. The van der Waals surface area contributed by atoms with E-state index in [1.165, 1.54) is 0 Å². The molecular formula is C15H22N2O3S. The molecule has 3 aliphatic rings. The van der Waals surface area contributed by atoms with Gasteiger partial charge in [-0.2, -0.15) is 0 Å². The summed E-state index contributed by atoms with van der Waals surface area (Å²) in [5.41, 5.74) is 0.617. The Kier molecular flexibility index (Phi) is 4.05. The summed E-state index contributed by atoms with van der Waals surface area (Å²) in [5.74, 6) is 0.449. The van der Waals surface area contributed by atoms with Gasteiger partial charge in [-0.3, -0.25) is 0 Å². The maximum Gasteiger partial charge on any atom is 0.240 e. The van der Waals surface area contributed by atoms with Crippen molar-refractivity contribution in [2.24, 2.45) is 5.92 Å². The Morgan fingerprint density at radius 1 is 1.33 bits per heavy atom. The van der Waals surface area contributed by atoms with Crippen LogP contribution in [-0.2, 0) is 10.0 Å². The van der Waals surface area contributed by atoms with Gasteiger partial charge in [0.1, 0.15) is 0 Å². The topological polar surface area (TPSA) is 69.6 Å². The first-order valence-electron chi connectivity index (χ1n) is 7.48. The Labute approximate surface area is 126 Å². The zero-order valence-electron chi connectivity index (χ0n) is 12.2. The van der Waals surface area contributed by atoms with Crippen LogP contribution in [0.3, 0.4) is 0 Å². The highest BCUT2D eigenvalue weighted by molar-refractivity contribution is 7.89. The molecule has 0 amide bonds. The fourth-order valence-electron chi connectivity index (χ4n) is 3.31. The molecule has 3 heterocycles. The summed E-state index contributed by atoms with van der Waals surface area (Å²) in [6, 6.07) is 6.54. The largest absolute Gasteiger partial charge is 0.389 e.